The van der Waals surface area contributed by atoms with Crippen LogP contribution in [0.25, 0.3) is 0 Å². The van der Waals surface area contributed by atoms with Gasteiger partial charge < -0.3 is 10.1 Å². The van der Waals surface area contributed by atoms with Crippen LogP contribution in [0.2, 0.25) is 0 Å². The smallest absolute Gasteiger partial charge is 0.313 e. The summed E-state index contributed by atoms with van der Waals surface area (Å²) in [6.07, 6.45) is 1.54. The third-order valence-corrected chi connectivity index (χ3v) is 2.58. The van der Waals surface area contributed by atoms with Crippen molar-refractivity contribution in [3.8, 4) is 0 Å². The highest BCUT2D eigenvalue weighted by Gasteiger charge is 2.10. The highest BCUT2D eigenvalue weighted by molar-refractivity contribution is 8.93. The Morgan fingerprint density at radius 2 is 2.24 bits per heavy atom. The molecular weight excluding hydrogens is 308 g/mol. The molecule has 0 atom stereocenters. The molecule has 0 amide bonds. The van der Waals surface area contributed by atoms with E-state index in [0.29, 0.717) is 11.7 Å². The van der Waals surface area contributed by atoms with E-state index >= 15 is 0 Å². The monoisotopic (exact) mass is 322 g/mol. The summed E-state index contributed by atoms with van der Waals surface area (Å²) in [5.41, 5.74) is 0. The van der Waals surface area contributed by atoms with Crippen molar-refractivity contribution in [2.45, 2.75) is 20.3 Å². The van der Waals surface area contributed by atoms with E-state index in [1.54, 1.807) is 13.1 Å². The van der Waals surface area contributed by atoms with E-state index in [1.165, 1.54) is 11.3 Å². The van der Waals surface area contributed by atoms with Crippen LogP contribution in [-0.2, 0) is 14.3 Å². The van der Waals surface area contributed by atoms with Crippen LogP contribution in [0.5, 0.6) is 0 Å². The van der Waals surface area contributed by atoms with Gasteiger partial charge in [-0.15, -0.1) is 28.3 Å². The lowest BCUT2D eigenvalue weighted by Crippen LogP contribution is -2.18. The Hall–Kier alpha value is -0.950. The highest BCUT2D eigenvalue weighted by Crippen LogP contribution is 2.15. The molecule has 1 heterocycles. The van der Waals surface area contributed by atoms with Gasteiger partial charge in [0.15, 0.2) is 10.9 Å². The van der Waals surface area contributed by atoms with Crippen molar-refractivity contribution in [1.82, 2.24) is 4.98 Å². The molecule has 0 aliphatic heterocycles. The number of Topliss-reactive ketones (excluding diaryl/α,β-unsaturated/α-hetero) is 1. The van der Waals surface area contributed by atoms with Gasteiger partial charge in [0.1, 0.15) is 6.42 Å². The fourth-order valence-corrected chi connectivity index (χ4v) is 1.71. The predicted molar refractivity (Wildman–Crippen MR) is 71.9 cm³/mol. The fourth-order valence-electron chi connectivity index (χ4n) is 1.05. The summed E-state index contributed by atoms with van der Waals surface area (Å²) in [7, 11) is 0. The van der Waals surface area contributed by atoms with Crippen molar-refractivity contribution in [1.29, 1.82) is 0 Å². The van der Waals surface area contributed by atoms with Crippen molar-refractivity contribution in [3.63, 3.8) is 0 Å². The van der Waals surface area contributed by atoms with Gasteiger partial charge >= 0.3 is 5.97 Å². The third kappa shape index (κ3) is 6.38. The van der Waals surface area contributed by atoms with Crippen LogP contribution in [0.4, 0.5) is 5.13 Å². The van der Waals surface area contributed by atoms with Crippen LogP contribution >= 0.6 is 28.3 Å². The Morgan fingerprint density at radius 1 is 1.53 bits per heavy atom. The zero-order valence-corrected chi connectivity index (χ0v) is 12.2. The summed E-state index contributed by atoms with van der Waals surface area (Å²) in [5.74, 6) is -0.684. The van der Waals surface area contributed by atoms with E-state index < -0.39 is 5.97 Å². The van der Waals surface area contributed by atoms with E-state index in [0.717, 1.165) is 4.88 Å². The number of ether oxygens (including phenoxy) is 1. The molecule has 0 aromatic carbocycles. The van der Waals surface area contributed by atoms with E-state index in [9.17, 15) is 9.59 Å². The van der Waals surface area contributed by atoms with Crippen LogP contribution < -0.4 is 5.32 Å². The number of esters is 1. The van der Waals surface area contributed by atoms with Crippen molar-refractivity contribution in [3.05, 3.63) is 11.1 Å². The molecule has 1 aromatic rings. The van der Waals surface area contributed by atoms with Gasteiger partial charge in [0.05, 0.1) is 13.2 Å². The molecule has 96 valence electrons. The SMILES string of the molecule is Br.CCOC(=O)CC(=O)CNc1ncc(C)s1. The number of aryl methyl sites for hydroxylation is 1. The Balaban J connectivity index is 0.00000256. The first-order valence-electron chi connectivity index (χ1n) is 4.95. The lowest BCUT2D eigenvalue weighted by Gasteiger charge is -2.02. The average Bonchev–Trinajstić information content (AvgIpc) is 2.61. The first kappa shape index (κ1) is 16.1. The summed E-state index contributed by atoms with van der Waals surface area (Å²) in [4.78, 5) is 27.4. The topological polar surface area (TPSA) is 68.3 Å². The van der Waals surface area contributed by atoms with Gasteiger partial charge in [0.25, 0.3) is 0 Å². The Kier molecular flexibility index (Phi) is 7.73. The van der Waals surface area contributed by atoms with Crippen molar-refractivity contribution < 1.29 is 14.3 Å². The van der Waals surface area contributed by atoms with E-state index in [1.807, 2.05) is 6.92 Å². The minimum Gasteiger partial charge on any atom is -0.466 e. The summed E-state index contributed by atoms with van der Waals surface area (Å²) in [6, 6.07) is 0. The molecule has 0 saturated carbocycles. The summed E-state index contributed by atoms with van der Waals surface area (Å²) < 4.78 is 4.67. The van der Waals surface area contributed by atoms with Gasteiger partial charge in [0, 0.05) is 11.1 Å². The number of nitrogens with zero attached hydrogens (tertiary/aromatic N) is 1. The normalized spacial score (nSPS) is 9.29. The molecule has 0 radical (unpaired) electrons. The standard InChI is InChI=1S/C10H14N2O3S.BrH/c1-3-15-9(14)4-8(13)6-12-10-11-5-7(2)16-10;/h5H,3-4,6H2,1-2H3,(H,11,12);1H. The van der Waals surface area contributed by atoms with Gasteiger partial charge in [-0.05, 0) is 13.8 Å². The molecule has 0 unspecified atom stereocenters. The van der Waals surface area contributed by atoms with Gasteiger partial charge in [-0.3, -0.25) is 9.59 Å². The number of carbonyl (C=O) groups excluding carboxylic acids is 2. The van der Waals surface area contributed by atoms with E-state index in [-0.39, 0.29) is 35.7 Å². The highest BCUT2D eigenvalue weighted by atomic mass is 79.9. The number of aromatic nitrogens is 1. The lowest BCUT2D eigenvalue weighted by atomic mass is 10.3. The first-order valence-corrected chi connectivity index (χ1v) is 5.77. The average molecular weight is 323 g/mol. The molecular formula is C10H15BrN2O3S. The number of halogens is 1. The second-order valence-corrected chi connectivity index (χ2v) is 4.38. The molecule has 0 aliphatic carbocycles. The second kappa shape index (κ2) is 8.19. The minimum atomic E-state index is -0.482. The third-order valence-electron chi connectivity index (χ3n) is 1.70. The lowest BCUT2D eigenvalue weighted by molar-refractivity contribution is -0.145. The van der Waals surface area contributed by atoms with Crippen LogP contribution in [0.1, 0.15) is 18.2 Å². The zero-order valence-electron chi connectivity index (χ0n) is 9.69. The molecule has 0 aliphatic rings. The summed E-state index contributed by atoms with van der Waals surface area (Å²) >= 11 is 1.47. The number of rotatable bonds is 6. The molecule has 1 N–H and O–H groups in total. The van der Waals surface area contributed by atoms with Crippen LogP contribution in [0.15, 0.2) is 6.20 Å². The van der Waals surface area contributed by atoms with Crippen LogP contribution in [0, 0.1) is 6.92 Å². The number of nitrogens with one attached hydrogen (secondary N) is 1. The fraction of sp³-hybridized carbons (Fsp3) is 0.500. The maximum absolute atomic E-state index is 11.3. The summed E-state index contributed by atoms with van der Waals surface area (Å²) in [6.45, 7) is 4.04. The van der Waals surface area contributed by atoms with Gasteiger partial charge in [-0.1, -0.05) is 0 Å². The van der Waals surface area contributed by atoms with E-state index in [4.69, 9.17) is 0 Å². The maximum Gasteiger partial charge on any atom is 0.313 e. The molecule has 7 heteroatoms. The molecule has 0 saturated heterocycles. The molecule has 5 nitrogen and oxygen atoms in total. The predicted octanol–water partition coefficient (Wildman–Crippen LogP) is 1.96. The van der Waals surface area contributed by atoms with Crippen LogP contribution in [0.3, 0.4) is 0 Å². The van der Waals surface area contributed by atoms with Gasteiger partial charge in [-0.25, -0.2) is 4.98 Å². The summed E-state index contributed by atoms with van der Waals surface area (Å²) in [5, 5.41) is 3.55. The number of anilines is 1. The molecule has 1 aromatic heterocycles. The van der Waals surface area contributed by atoms with E-state index in [2.05, 4.69) is 15.0 Å². The Labute approximate surface area is 114 Å². The van der Waals surface area contributed by atoms with Crippen LogP contribution in [-0.4, -0.2) is 29.9 Å². The Morgan fingerprint density at radius 3 is 2.76 bits per heavy atom. The Bertz CT molecular complexity index is 381. The zero-order chi connectivity index (χ0) is 12.0. The number of hydrogen-bond donors (Lipinski definition) is 1. The molecule has 0 fully saturated rings. The largest absolute Gasteiger partial charge is 0.466 e. The minimum absolute atomic E-state index is 0. The van der Waals surface area contributed by atoms with Gasteiger partial charge in [-0.2, -0.15) is 0 Å². The molecule has 0 bridgehead atoms. The van der Waals surface area contributed by atoms with Crippen molar-refractivity contribution >= 4 is 45.2 Å². The van der Waals surface area contributed by atoms with Crippen molar-refractivity contribution in [2.24, 2.45) is 0 Å². The number of hydrogen-bond acceptors (Lipinski definition) is 6. The quantitative estimate of drug-likeness (QED) is 0.640. The molecule has 17 heavy (non-hydrogen) atoms. The van der Waals surface area contributed by atoms with Gasteiger partial charge in [0.2, 0.25) is 0 Å². The number of ketones is 1. The molecule has 0 spiro atoms. The van der Waals surface area contributed by atoms with Crippen molar-refractivity contribution in [2.75, 3.05) is 18.5 Å². The number of carbonyl (C=O) groups is 2. The molecule has 1 rings (SSSR count). The second-order valence-electron chi connectivity index (χ2n) is 3.15. The first-order chi connectivity index (χ1) is 7.61. The number of thiazole rings is 1. The maximum atomic E-state index is 11.3.